The van der Waals surface area contributed by atoms with Crippen molar-refractivity contribution in [3.8, 4) is 0 Å². The van der Waals surface area contributed by atoms with Gasteiger partial charge in [-0.25, -0.2) is 0 Å². The van der Waals surface area contributed by atoms with E-state index in [4.69, 9.17) is 5.73 Å². The molecule has 0 aromatic heterocycles. The SMILES string of the molecule is CC(CN1CCCC1)NCc1ccccc1N. The van der Waals surface area contributed by atoms with E-state index in [1.165, 1.54) is 31.5 Å². The molecule has 1 aromatic carbocycles. The van der Waals surface area contributed by atoms with Crippen molar-refractivity contribution >= 4 is 5.69 Å². The van der Waals surface area contributed by atoms with Gasteiger partial charge in [0.05, 0.1) is 0 Å². The van der Waals surface area contributed by atoms with Crippen LogP contribution in [0, 0.1) is 0 Å². The Morgan fingerprint density at radius 3 is 2.71 bits per heavy atom. The molecule has 1 aliphatic rings. The highest BCUT2D eigenvalue weighted by Crippen LogP contribution is 2.11. The van der Waals surface area contributed by atoms with Gasteiger partial charge in [0.2, 0.25) is 0 Å². The molecule has 0 radical (unpaired) electrons. The maximum Gasteiger partial charge on any atom is 0.0359 e. The molecule has 3 heteroatoms. The maximum absolute atomic E-state index is 5.92. The summed E-state index contributed by atoms with van der Waals surface area (Å²) >= 11 is 0. The van der Waals surface area contributed by atoms with Crippen LogP contribution in [-0.4, -0.2) is 30.6 Å². The second-order valence-corrected chi connectivity index (χ2v) is 4.99. The standard InChI is InChI=1S/C14H23N3/c1-12(11-17-8-4-5-9-17)16-10-13-6-2-3-7-14(13)15/h2-3,6-7,12,16H,4-5,8-11,15H2,1H3. The summed E-state index contributed by atoms with van der Waals surface area (Å²) in [5, 5.41) is 3.54. The Labute approximate surface area is 104 Å². The zero-order chi connectivity index (χ0) is 12.1. The number of para-hydroxylation sites is 1. The number of likely N-dealkylation sites (tertiary alicyclic amines) is 1. The number of nitrogens with zero attached hydrogens (tertiary/aromatic N) is 1. The second kappa shape index (κ2) is 6.03. The van der Waals surface area contributed by atoms with Crippen LogP contribution >= 0.6 is 0 Å². The van der Waals surface area contributed by atoms with E-state index in [1.807, 2.05) is 18.2 Å². The van der Waals surface area contributed by atoms with Crippen LogP contribution in [0.4, 0.5) is 5.69 Å². The third-order valence-electron chi connectivity index (χ3n) is 3.43. The third-order valence-corrected chi connectivity index (χ3v) is 3.43. The number of anilines is 1. The number of nitrogen functional groups attached to an aromatic ring is 1. The second-order valence-electron chi connectivity index (χ2n) is 4.99. The average molecular weight is 233 g/mol. The van der Waals surface area contributed by atoms with Gasteiger partial charge in [0, 0.05) is 24.8 Å². The van der Waals surface area contributed by atoms with E-state index in [9.17, 15) is 0 Å². The minimum Gasteiger partial charge on any atom is -0.398 e. The minimum absolute atomic E-state index is 0.521. The lowest BCUT2D eigenvalue weighted by Crippen LogP contribution is -2.37. The van der Waals surface area contributed by atoms with Crippen molar-refractivity contribution in [1.29, 1.82) is 0 Å². The van der Waals surface area contributed by atoms with Crippen LogP contribution in [0.5, 0.6) is 0 Å². The van der Waals surface area contributed by atoms with Gasteiger partial charge in [0.15, 0.2) is 0 Å². The van der Waals surface area contributed by atoms with Gasteiger partial charge in [-0.1, -0.05) is 18.2 Å². The number of benzene rings is 1. The summed E-state index contributed by atoms with van der Waals surface area (Å²) in [6.07, 6.45) is 2.72. The van der Waals surface area contributed by atoms with E-state index in [0.29, 0.717) is 6.04 Å². The normalized spacial score (nSPS) is 18.4. The first-order valence-electron chi connectivity index (χ1n) is 6.55. The van der Waals surface area contributed by atoms with Crippen LogP contribution in [0.25, 0.3) is 0 Å². The molecule has 0 amide bonds. The first-order chi connectivity index (χ1) is 8.25. The lowest BCUT2D eigenvalue weighted by Gasteiger charge is -2.21. The fourth-order valence-electron chi connectivity index (χ4n) is 2.40. The Kier molecular flexibility index (Phi) is 4.40. The maximum atomic E-state index is 5.92. The van der Waals surface area contributed by atoms with Crippen molar-refractivity contribution in [2.45, 2.75) is 32.4 Å². The number of nitrogens with two attached hydrogens (primary N) is 1. The highest BCUT2D eigenvalue weighted by molar-refractivity contribution is 5.46. The van der Waals surface area contributed by atoms with Gasteiger partial charge in [-0.3, -0.25) is 0 Å². The molecule has 3 N–H and O–H groups in total. The first-order valence-corrected chi connectivity index (χ1v) is 6.55. The average Bonchev–Trinajstić information content (AvgIpc) is 2.81. The van der Waals surface area contributed by atoms with Crippen molar-refractivity contribution in [2.24, 2.45) is 0 Å². The van der Waals surface area contributed by atoms with Gasteiger partial charge in [0.1, 0.15) is 0 Å². The Balaban J connectivity index is 1.75. The molecule has 1 atom stereocenters. The van der Waals surface area contributed by atoms with E-state index >= 15 is 0 Å². The Morgan fingerprint density at radius 2 is 2.00 bits per heavy atom. The summed E-state index contributed by atoms with van der Waals surface area (Å²) in [5.41, 5.74) is 8.00. The summed E-state index contributed by atoms with van der Waals surface area (Å²) in [5.74, 6) is 0. The molecular formula is C14H23N3. The molecule has 3 nitrogen and oxygen atoms in total. The molecule has 1 saturated heterocycles. The largest absolute Gasteiger partial charge is 0.398 e. The van der Waals surface area contributed by atoms with Crippen molar-refractivity contribution in [3.63, 3.8) is 0 Å². The molecule has 1 unspecified atom stereocenters. The van der Waals surface area contributed by atoms with Crippen LogP contribution < -0.4 is 11.1 Å². The fourth-order valence-corrected chi connectivity index (χ4v) is 2.40. The van der Waals surface area contributed by atoms with Crippen LogP contribution in [0.3, 0.4) is 0 Å². The van der Waals surface area contributed by atoms with Crippen LogP contribution in [0.1, 0.15) is 25.3 Å². The van der Waals surface area contributed by atoms with Crippen LogP contribution in [-0.2, 0) is 6.54 Å². The summed E-state index contributed by atoms with van der Waals surface area (Å²) < 4.78 is 0. The minimum atomic E-state index is 0.521. The molecule has 17 heavy (non-hydrogen) atoms. The van der Waals surface area contributed by atoms with Gasteiger partial charge >= 0.3 is 0 Å². The first kappa shape index (κ1) is 12.4. The lowest BCUT2D eigenvalue weighted by molar-refractivity contribution is 0.298. The zero-order valence-corrected chi connectivity index (χ0v) is 10.7. The number of nitrogens with one attached hydrogen (secondary N) is 1. The van der Waals surface area contributed by atoms with Crippen molar-refractivity contribution in [1.82, 2.24) is 10.2 Å². The van der Waals surface area contributed by atoms with Gasteiger partial charge in [-0.2, -0.15) is 0 Å². The molecule has 94 valence electrons. The van der Waals surface area contributed by atoms with Gasteiger partial charge in [0.25, 0.3) is 0 Å². The molecule has 0 aliphatic carbocycles. The van der Waals surface area contributed by atoms with E-state index in [0.717, 1.165) is 18.8 Å². The molecule has 0 saturated carbocycles. The molecule has 2 rings (SSSR count). The molecule has 1 fully saturated rings. The van der Waals surface area contributed by atoms with E-state index < -0.39 is 0 Å². The summed E-state index contributed by atoms with van der Waals surface area (Å²) in [7, 11) is 0. The fraction of sp³-hybridized carbons (Fsp3) is 0.571. The van der Waals surface area contributed by atoms with Crippen molar-refractivity contribution in [3.05, 3.63) is 29.8 Å². The van der Waals surface area contributed by atoms with Gasteiger partial charge in [-0.15, -0.1) is 0 Å². The van der Waals surface area contributed by atoms with E-state index in [-0.39, 0.29) is 0 Å². The monoisotopic (exact) mass is 233 g/mol. The number of rotatable bonds is 5. The van der Waals surface area contributed by atoms with Crippen LogP contribution in [0.2, 0.25) is 0 Å². The highest BCUT2D eigenvalue weighted by Gasteiger charge is 2.14. The molecule has 0 spiro atoms. The topological polar surface area (TPSA) is 41.3 Å². The quantitative estimate of drug-likeness (QED) is 0.763. The van der Waals surface area contributed by atoms with Crippen molar-refractivity contribution < 1.29 is 0 Å². The van der Waals surface area contributed by atoms with Gasteiger partial charge in [-0.05, 0) is 44.5 Å². The molecule has 1 heterocycles. The molecular weight excluding hydrogens is 210 g/mol. The van der Waals surface area contributed by atoms with Gasteiger partial charge < -0.3 is 16.0 Å². The summed E-state index contributed by atoms with van der Waals surface area (Å²) in [4.78, 5) is 2.53. The Morgan fingerprint density at radius 1 is 1.29 bits per heavy atom. The third kappa shape index (κ3) is 3.72. The zero-order valence-electron chi connectivity index (χ0n) is 10.7. The van der Waals surface area contributed by atoms with E-state index in [1.54, 1.807) is 0 Å². The number of hydrogen-bond acceptors (Lipinski definition) is 3. The van der Waals surface area contributed by atoms with Crippen LogP contribution in [0.15, 0.2) is 24.3 Å². The lowest BCUT2D eigenvalue weighted by atomic mass is 10.1. The Hall–Kier alpha value is -1.06. The Bertz CT molecular complexity index is 345. The smallest absolute Gasteiger partial charge is 0.0359 e. The van der Waals surface area contributed by atoms with E-state index in [2.05, 4.69) is 23.2 Å². The molecule has 1 aromatic rings. The molecule has 1 aliphatic heterocycles. The highest BCUT2D eigenvalue weighted by atomic mass is 15.2. The summed E-state index contributed by atoms with van der Waals surface area (Å²) in [6.45, 7) is 6.78. The summed E-state index contributed by atoms with van der Waals surface area (Å²) in [6, 6.07) is 8.59. The number of hydrogen-bond donors (Lipinski definition) is 2. The molecule has 0 bridgehead atoms. The van der Waals surface area contributed by atoms with Crippen molar-refractivity contribution in [2.75, 3.05) is 25.4 Å². The predicted octanol–water partition coefficient (Wildman–Crippen LogP) is 1.84. The predicted molar refractivity (Wildman–Crippen MR) is 72.8 cm³/mol.